The Morgan fingerprint density at radius 1 is 1.14 bits per heavy atom. The molecule has 202 valence electrons. The summed E-state index contributed by atoms with van der Waals surface area (Å²) in [4.78, 5) is 28.0. The highest BCUT2D eigenvalue weighted by Crippen LogP contribution is 2.24. The Labute approximate surface area is 225 Å². The van der Waals surface area contributed by atoms with Gasteiger partial charge in [0.25, 0.3) is 0 Å². The molecule has 1 unspecified atom stereocenters. The third kappa shape index (κ3) is 8.36. The minimum absolute atomic E-state index is 0.0810. The number of ether oxygens (including phenoxy) is 1. The zero-order valence-corrected chi connectivity index (χ0v) is 23.2. The largest absolute Gasteiger partial charge is 0.497 e. The van der Waals surface area contributed by atoms with E-state index in [2.05, 4.69) is 5.32 Å². The summed E-state index contributed by atoms with van der Waals surface area (Å²) in [6.07, 6.45) is 5.58. The Hall–Kier alpha value is -2.78. The second kappa shape index (κ2) is 13.1. The Balaban J connectivity index is 1.72. The van der Waals surface area contributed by atoms with Crippen LogP contribution in [0, 0.1) is 0 Å². The second-order valence-electron chi connectivity index (χ2n) is 9.46. The Morgan fingerprint density at radius 3 is 2.49 bits per heavy atom. The molecule has 0 heterocycles. The molecule has 0 aliphatic heterocycles. The van der Waals surface area contributed by atoms with Crippen molar-refractivity contribution in [3.05, 3.63) is 59.1 Å². The lowest BCUT2D eigenvalue weighted by atomic mass is 10.1. The number of carbonyl (C=O) groups is 2. The van der Waals surface area contributed by atoms with Crippen LogP contribution in [-0.2, 0) is 26.2 Å². The van der Waals surface area contributed by atoms with Gasteiger partial charge in [-0.15, -0.1) is 0 Å². The van der Waals surface area contributed by atoms with Gasteiger partial charge in [-0.25, -0.2) is 8.42 Å². The van der Waals surface area contributed by atoms with E-state index in [0.29, 0.717) is 16.5 Å². The lowest BCUT2D eigenvalue weighted by molar-refractivity contribution is -0.141. The third-order valence-electron chi connectivity index (χ3n) is 6.60. The van der Waals surface area contributed by atoms with E-state index in [1.807, 2.05) is 12.1 Å². The van der Waals surface area contributed by atoms with Crippen LogP contribution in [0.25, 0.3) is 0 Å². The number of hydrogen-bond acceptors (Lipinski definition) is 5. The highest BCUT2D eigenvalue weighted by molar-refractivity contribution is 7.92. The van der Waals surface area contributed by atoms with Crippen molar-refractivity contribution >= 4 is 39.1 Å². The molecular formula is C27H36ClN3O5S. The summed E-state index contributed by atoms with van der Waals surface area (Å²) in [7, 11) is -2.07. The average Bonchev–Trinajstić information content (AvgIpc) is 3.37. The molecule has 1 aliphatic carbocycles. The number of rotatable bonds is 12. The molecule has 3 rings (SSSR count). The first-order valence-corrected chi connectivity index (χ1v) is 14.8. The number of amides is 2. The molecule has 0 radical (unpaired) electrons. The minimum Gasteiger partial charge on any atom is -0.497 e. The zero-order valence-electron chi connectivity index (χ0n) is 21.7. The van der Waals surface area contributed by atoms with Crippen LogP contribution < -0.4 is 14.4 Å². The minimum atomic E-state index is -3.58. The maximum atomic E-state index is 13.4. The van der Waals surface area contributed by atoms with Gasteiger partial charge in [0.2, 0.25) is 21.8 Å². The molecule has 1 N–H and O–H groups in total. The number of sulfonamides is 1. The van der Waals surface area contributed by atoms with Crippen molar-refractivity contribution in [3.8, 4) is 5.75 Å². The fraction of sp³-hybridized carbons (Fsp3) is 0.481. The molecule has 0 saturated heterocycles. The topological polar surface area (TPSA) is 96.0 Å². The van der Waals surface area contributed by atoms with Crippen LogP contribution in [0.1, 0.15) is 51.0 Å². The lowest BCUT2D eigenvalue weighted by Crippen LogP contribution is -2.49. The van der Waals surface area contributed by atoms with E-state index in [1.54, 1.807) is 48.2 Å². The maximum Gasteiger partial charge on any atom is 0.242 e. The van der Waals surface area contributed by atoms with E-state index in [-0.39, 0.29) is 43.8 Å². The Morgan fingerprint density at radius 2 is 1.84 bits per heavy atom. The normalized spacial score (nSPS) is 14.7. The van der Waals surface area contributed by atoms with Crippen molar-refractivity contribution in [1.29, 1.82) is 0 Å². The molecule has 2 aromatic rings. The molecule has 1 aliphatic rings. The van der Waals surface area contributed by atoms with Crippen molar-refractivity contribution in [2.24, 2.45) is 0 Å². The summed E-state index contributed by atoms with van der Waals surface area (Å²) in [6, 6.07) is 13.4. The molecular weight excluding hydrogens is 514 g/mol. The highest BCUT2D eigenvalue weighted by Gasteiger charge is 2.28. The molecule has 0 bridgehead atoms. The number of hydrogen-bond donors (Lipinski definition) is 1. The van der Waals surface area contributed by atoms with E-state index in [0.717, 1.165) is 37.5 Å². The molecule has 8 nitrogen and oxygen atoms in total. The van der Waals surface area contributed by atoms with Crippen molar-refractivity contribution in [3.63, 3.8) is 0 Å². The van der Waals surface area contributed by atoms with Gasteiger partial charge in [-0.3, -0.25) is 13.9 Å². The molecule has 1 fully saturated rings. The van der Waals surface area contributed by atoms with Crippen LogP contribution in [0.5, 0.6) is 5.75 Å². The van der Waals surface area contributed by atoms with Crippen molar-refractivity contribution in [2.75, 3.05) is 24.2 Å². The van der Waals surface area contributed by atoms with E-state index in [4.69, 9.17) is 16.3 Å². The predicted molar refractivity (Wildman–Crippen MR) is 146 cm³/mol. The van der Waals surface area contributed by atoms with E-state index >= 15 is 0 Å². The molecule has 1 saturated carbocycles. The summed E-state index contributed by atoms with van der Waals surface area (Å²) in [5.74, 6) is 0.126. The second-order valence-corrected chi connectivity index (χ2v) is 11.8. The van der Waals surface area contributed by atoms with Crippen LogP contribution in [-0.4, -0.2) is 57.1 Å². The van der Waals surface area contributed by atoms with Gasteiger partial charge in [-0.2, -0.15) is 0 Å². The van der Waals surface area contributed by atoms with E-state index in [9.17, 15) is 18.0 Å². The standard InChI is InChI=1S/C27H36ClN3O5S/c1-20(27(33)29-23-11-4-5-12-23)30(19-21-9-6-10-22(28)17-21)26(32)15-8-16-31(37(3,34)35)24-13-7-14-25(18-24)36-2/h6-7,9-10,13-14,17-18,20,23H,4-5,8,11-12,15-16,19H2,1-3H3,(H,29,33). The third-order valence-corrected chi connectivity index (χ3v) is 8.03. The number of benzene rings is 2. The summed E-state index contributed by atoms with van der Waals surface area (Å²) in [5, 5.41) is 3.63. The highest BCUT2D eigenvalue weighted by atomic mass is 35.5. The van der Waals surface area contributed by atoms with E-state index in [1.165, 1.54) is 11.4 Å². The van der Waals surface area contributed by atoms with Gasteiger partial charge in [0.1, 0.15) is 11.8 Å². The number of nitrogens with zero attached hydrogens (tertiary/aromatic N) is 2. The van der Waals surface area contributed by atoms with Crippen LogP contribution in [0.3, 0.4) is 0 Å². The van der Waals surface area contributed by atoms with Crippen LogP contribution in [0.4, 0.5) is 5.69 Å². The summed E-state index contributed by atoms with van der Waals surface area (Å²) >= 11 is 6.15. The summed E-state index contributed by atoms with van der Waals surface area (Å²) in [6.45, 7) is 2.07. The fourth-order valence-corrected chi connectivity index (χ4v) is 5.75. The summed E-state index contributed by atoms with van der Waals surface area (Å²) < 4.78 is 31.5. The van der Waals surface area contributed by atoms with Crippen LogP contribution in [0.2, 0.25) is 5.02 Å². The lowest BCUT2D eigenvalue weighted by Gasteiger charge is -2.30. The smallest absolute Gasteiger partial charge is 0.242 e. The molecule has 37 heavy (non-hydrogen) atoms. The quantitative estimate of drug-likeness (QED) is 0.424. The SMILES string of the molecule is COc1cccc(N(CCCC(=O)N(Cc2cccc(Cl)c2)C(C)C(=O)NC2CCCC2)S(C)(=O)=O)c1. The number of carbonyl (C=O) groups excluding carboxylic acids is 2. The van der Waals surface area contributed by atoms with Crippen LogP contribution >= 0.6 is 11.6 Å². The number of anilines is 1. The maximum absolute atomic E-state index is 13.4. The molecule has 2 amide bonds. The Kier molecular flexibility index (Phi) is 10.2. The summed E-state index contributed by atoms with van der Waals surface area (Å²) in [5.41, 5.74) is 1.28. The predicted octanol–water partition coefficient (Wildman–Crippen LogP) is 4.37. The molecule has 0 spiro atoms. The number of nitrogens with one attached hydrogen (secondary N) is 1. The average molecular weight is 550 g/mol. The molecule has 1 atom stereocenters. The zero-order chi connectivity index (χ0) is 27.0. The van der Waals surface area contributed by atoms with Gasteiger partial charge in [0.05, 0.1) is 19.1 Å². The van der Waals surface area contributed by atoms with Crippen molar-refractivity contribution in [2.45, 2.75) is 64.1 Å². The van der Waals surface area contributed by atoms with Gasteiger partial charge in [0, 0.05) is 36.6 Å². The monoisotopic (exact) mass is 549 g/mol. The van der Waals surface area contributed by atoms with Gasteiger partial charge in [0.15, 0.2) is 0 Å². The first-order valence-electron chi connectivity index (χ1n) is 12.5. The molecule has 2 aromatic carbocycles. The first kappa shape index (κ1) is 28.8. The van der Waals surface area contributed by atoms with Crippen LogP contribution in [0.15, 0.2) is 48.5 Å². The molecule has 10 heteroatoms. The number of methoxy groups -OCH3 is 1. The Bertz CT molecular complexity index is 1180. The van der Waals surface area contributed by atoms with Gasteiger partial charge >= 0.3 is 0 Å². The van der Waals surface area contributed by atoms with Gasteiger partial charge in [-0.1, -0.05) is 42.6 Å². The fourth-order valence-electron chi connectivity index (χ4n) is 4.58. The van der Waals surface area contributed by atoms with Crippen molar-refractivity contribution in [1.82, 2.24) is 10.2 Å². The van der Waals surface area contributed by atoms with Crippen molar-refractivity contribution < 1.29 is 22.7 Å². The molecule has 0 aromatic heterocycles. The van der Waals surface area contributed by atoms with E-state index < -0.39 is 16.1 Å². The first-order chi connectivity index (χ1) is 17.6. The van der Waals surface area contributed by atoms with Gasteiger partial charge in [-0.05, 0) is 56.0 Å². The number of halogens is 1. The van der Waals surface area contributed by atoms with Gasteiger partial charge < -0.3 is 15.0 Å².